The number of benzene rings is 3. The fraction of sp³-hybridized carbons (Fsp3) is 0.231. The molecular weight excluding hydrogens is 390 g/mol. The summed E-state index contributed by atoms with van der Waals surface area (Å²) in [6, 6.07) is 24.9. The molecule has 3 aromatic rings. The second kappa shape index (κ2) is 9.77. The van der Waals surface area contributed by atoms with E-state index in [1.165, 1.54) is 11.1 Å². The van der Waals surface area contributed by atoms with Crippen LogP contribution in [0.25, 0.3) is 0 Å². The highest BCUT2D eigenvalue weighted by Gasteiger charge is 2.15. The number of amides is 1. The van der Waals surface area contributed by atoms with E-state index in [9.17, 15) is 9.59 Å². The van der Waals surface area contributed by atoms with Crippen molar-refractivity contribution in [3.05, 3.63) is 101 Å². The summed E-state index contributed by atoms with van der Waals surface area (Å²) in [5.74, 6) is 1.03. The number of carbonyl (C=O) groups is 2. The Labute approximate surface area is 182 Å². The maximum atomic E-state index is 12.9. The van der Waals surface area contributed by atoms with E-state index in [4.69, 9.17) is 0 Å². The SMILES string of the molecule is CC(C)(C)c1ccc(C(=O)c2cccc(NC(=O)CSCc3ccccc3)c2)cc1. The van der Waals surface area contributed by atoms with Crippen LogP contribution in [0.1, 0.15) is 47.8 Å². The van der Waals surface area contributed by atoms with Crippen molar-refractivity contribution in [3.8, 4) is 0 Å². The Hall–Kier alpha value is -2.85. The van der Waals surface area contributed by atoms with Gasteiger partial charge in [-0.25, -0.2) is 0 Å². The molecule has 0 unspecified atom stereocenters. The Morgan fingerprint density at radius 2 is 1.53 bits per heavy atom. The molecule has 0 bridgehead atoms. The molecule has 154 valence electrons. The van der Waals surface area contributed by atoms with Gasteiger partial charge in [-0.2, -0.15) is 0 Å². The second-order valence-electron chi connectivity index (χ2n) is 8.26. The van der Waals surface area contributed by atoms with Gasteiger partial charge in [0.15, 0.2) is 5.78 Å². The zero-order valence-electron chi connectivity index (χ0n) is 17.6. The predicted molar refractivity (Wildman–Crippen MR) is 126 cm³/mol. The topological polar surface area (TPSA) is 46.2 Å². The second-order valence-corrected chi connectivity index (χ2v) is 9.25. The van der Waals surface area contributed by atoms with Crippen molar-refractivity contribution < 1.29 is 9.59 Å². The minimum atomic E-state index is -0.0740. The lowest BCUT2D eigenvalue weighted by atomic mass is 9.86. The van der Waals surface area contributed by atoms with Gasteiger partial charge in [0.1, 0.15) is 0 Å². The van der Waals surface area contributed by atoms with Gasteiger partial charge in [-0.05, 0) is 28.7 Å². The van der Waals surface area contributed by atoms with Crippen LogP contribution >= 0.6 is 11.8 Å². The van der Waals surface area contributed by atoms with Crippen LogP contribution in [0, 0.1) is 0 Å². The van der Waals surface area contributed by atoms with Crippen LogP contribution < -0.4 is 5.32 Å². The molecule has 0 atom stereocenters. The maximum Gasteiger partial charge on any atom is 0.234 e. The van der Waals surface area contributed by atoms with Crippen molar-refractivity contribution >= 4 is 29.1 Å². The number of anilines is 1. The summed E-state index contributed by atoms with van der Waals surface area (Å²) < 4.78 is 0. The molecule has 0 saturated carbocycles. The Kier molecular flexibility index (Phi) is 7.11. The Bertz CT molecular complexity index is 1010. The molecule has 1 N–H and O–H groups in total. The number of carbonyl (C=O) groups excluding carboxylic acids is 2. The fourth-order valence-electron chi connectivity index (χ4n) is 3.06. The molecule has 0 fully saturated rings. The molecule has 0 radical (unpaired) electrons. The summed E-state index contributed by atoms with van der Waals surface area (Å²) in [6.07, 6.45) is 0. The molecule has 3 rings (SSSR count). The van der Waals surface area contributed by atoms with Crippen molar-refractivity contribution in [1.29, 1.82) is 0 Å². The Morgan fingerprint density at radius 1 is 0.833 bits per heavy atom. The van der Waals surface area contributed by atoms with E-state index in [1.54, 1.807) is 36.0 Å². The Morgan fingerprint density at radius 3 is 2.20 bits per heavy atom. The summed E-state index contributed by atoms with van der Waals surface area (Å²) in [5, 5.41) is 2.89. The molecule has 0 aromatic heterocycles. The van der Waals surface area contributed by atoms with Crippen LogP contribution in [-0.4, -0.2) is 17.4 Å². The monoisotopic (exact) mass is 417 g/mol. The molecule has 0 heterocycles. The molecule has 0 aliphatic heterocycles. The first-order valence-electron chi connectivity index (χ1n) is 10.00. The van der Waals surface area contributed by atoms with Crippen LogP contribution in [0.5, 0.6) is 0 Å². The van der Waals surface area contributed by atoms with Crippen LogP contribution in [0.3, 0.4) is 0 Å². The molecule has 30 heavy (non-hydrogen) atoms. The van der Waals surface area contributed by atoms with Gasteiger partial charge in [0.2, 0.25) is 5.91 Å². The third-order valence-corrected chi connectivity index (χ3v) is 5.77. The first-order valence-corrected chi connectivity index (χ1v) is 11.2. The van der Waals surface area contributed by atoms with E-state index in [2.05, 4.69) is 26.1 Å². The van der Waals surface area contributed by atoms with Gasteiger partial charge in [-0.15, -0.1) is 11.8 Å². The minimum Gasteiger partial charge on any atom is -0.325 e. The molecule has 4 heteroatoms. The first kappa shape index (κ1) is 21.8. The molecule has 0 spiro atoms. The average molecular weight is 418 g/mol. The zero-order chi connectivity index (χ0) is 21.6. The van der Waals surface area contributed by atoms with Gasteiger partial charge in [0, 0.05) is 22.6 Å². The lowest BCUT2D eigenvalue weighted by molar-refractivity contribution is -0.113. The quantitative estimate of drug-likeness (QED) is 0.473. The number of rotatable bonds is 7. The van der Waals surface area contributed by atoms with Crippen molar-refractivity contribution in [2.45, 2.75) is 31.9 Å². The molecule has 3 nitrogen and oxygen atoms in total. The van der Waals surface area contributed by atoms with Gasteiger partial charge < -0.3 is 5.32 Å². The molecular formula is C26H27NO2S. The summed E-state index contributed by atoms with van der Waals surface area (Å²) in [6.45, 7) is 6.44. The average Bonchev–Trinajstić information content (AvgIpc) is 2.73. The van der Waals surface area contributed by atoms with Gasteiger partial charge in [0.05, 0.1) is 5.75 Å². The van der Waals surface area contributed by atoms with Crippen LogP contribution in [-0.2, 0) is 16.0 Å². The molecule has 0 aliphatic rings. The van der Waals surface area contributed by atoms with Crippen molar-refractivity contribution in [3.63, 3.8) is 0 Å². The molecule has 0 saturated heterocycles. The molecule has 0 aliphatic carbocycles. The molecule has 1 amide bonds. The number of ketones is 1. The number of thioether (sulfide) groups is 1. The van der Waals surface area contributed by atoms with E-state index in [0.29, 0.717) is 22.6 Å². The minimum absolute atomic E-state index is 0.0459. The highest BCUT2D eigenvalue weighted by Crippen LogP contribution is 2.23. The number of nitrogens with one attached hydrogen (secondary N) is 1. The molecule has 3 aromatic carbocycles. The number of hydrogen-bond acceptors (Lipinski definition) is 3. The van der Waals surface area contributed by atoms with Crippen molar-refractivity contribution in [1.82, 2.24) is 0 Å². The first-order chi connectivity index (χ1) is 14.3. The van der Waals surface area contributed by atoms with E-state index in [0.717, 1.165) is 5.75 Å². The smallest absolute Gasteiger partial charge is 0.234 e. The maximum absolute atomic E-state index is 12.9. The van der Waals surface area contributed by atoms with Gasteiger partial charge in [-0.1, -0.05) is 87.5 Å². The summed E-state index contributed by atoms with van der Waals surface area (Å²) in [4.78, 5) is 25.1. The largest absolute Gasteiger partial charge is 0.325 e. The summed E-state index contributed by atoms with van der Waals surface area (Å²) in [5.41, 5.74) is 4.27. The van der Waals surface area contributed by atoms with Gasteiger partial charge in [0.25, 0.3) is 0 Å². The lowest BCUT2D eigenvalue weighted by Gasteiger charge is -2.19. The normalized spacial score (nSPS) is 11.2. The zero-order valence-corrected chi connectivity index (χ0v) is 18.5. The van der Waals surface area contributed by atoms with E-state index < -0.39 is 0 Å². The van der Waals surface area contributed by atoms with E-state index in [1.807, 2.05) is 54.6 Å². The van der Waals surface area contributed by atoms with E-state index >= 15 is 0 Å². The number of hydrogen-bond donors (Lipinski definition) is 1. The standard InChI is InChI=1S/C26H27NO2S/c1-26(2,3)22-14-12-20(13-15-22)25(29)21-10-7-11-23(16-21)27-24(28)18-30-17-19-8-5-4-6-9-19/h4-16H,17-18H2,1-3H3,(H,27,28). The third kappa shape index (κ3) is 6.07. The highest BCUT2D eigenvalue weighted by molar-refractivity contribution is 7.99. The van der Waals surface area contributed by atoms with Gasteiger partial charge >= 0.3 is 0 Å². The summed E-state index contributed by atoms with van der Waals surface area (Å²) in [7, 11) is 0. The predicted octanol–water partition coefficient (Wildman–Crippen LogP) is 6.09. The van der Waals surface area contributed by atoms with Crippen LogP contribution in [0.15, 0.2) is 78.9 Å². The van der Waals surface area contributed by atoms with Crippen molar-refractivity contribution in [2.24, 2.45) is 0 Å². The lowest BCUT2D eigenvalue weighted by Crippen LogP contribution is -2.14. The Balaban J connectivity index is 1.59. The third-order valence-electron chi connectivity index (χ3n) is 4.77. The van der Waals surface area contributed by atoms with Crippen molar-refractivity contribution in [2.75, 3.05) is 11.1 Å². The summed E-state index contributed by atoms with van der Waals surface area (Å²) >= 11 is 1.57. The van der Waals surface area contributed by atoms with Crippen LogP contribution in [0.4, 0.5) is 5.69 Å². The van der Waals surface area contributed by atoms with E-state index in [-0.39, 0.29) is 17.1 Å². The van der Waals surface area contributed by atoms with Gasteiger partial charge in [-0.3, -0.25) is 9.59 Å². The highest BCUT2D eigenvalue weighted by atomic mass is 32.2. The fourth-order valence-corrected chi connectivity index (χ4v) is 3.85. The van der Waals surface area contributed by atoms with Crippen LogP contribution in [0.2, 0.25) is 0 Å².